The number of hydrazone groups is 1. The molecule has 6 N–H and O–H groups in total. The molecule has 0 unspecified atom stereocenters. The van der Waals surface area contributed by atoms with Crippen LogP contribution in [0.5, 0.6) is 0 Å². The number of nitrogens with one attached hydrogen (secondary N) is 1. The van der Waals surface area contributed by atoms with Gasteiger partial charge in [-0.3, -0.25) is 4.55 Å². The molecule has 0 bridgehead atoms. The summed E-state index contributed by atoms with van der Waals surface area (Å²) in [5.41, 5.74) is 5.50. The van der Waals surface area contributed by atoms with Crippen LogP contribution in [0.15, 0.2) is 52.6 Å². The second-order valence-corrected chi connectivity index (χ2v) is 6.94. The molecule has 8 nitrogen and oxygen atoms in total. The molecule has 0 saturated carbocycles. The average Bonchev–Trinajstić information content (AvgIpc) is 2.61. The SMILES string of the molecule is Cc1ccc(S(=O)(=O)O)cc1.NN=C(N)CCNc1ccc(C(F)(F)F)cn1. The van der Waals surface area contributed by atoms with Gasteiger partial charge in [-0.05, 0) is 31.2 Å². The fourth-order valence-corrected chi connectivity index (χ4v) is 2.24. The summed E-state index contributed by atoms with van der Waals surface area (Å²) in [5.74, 6) is 5.50. The van der Waals surface area contributed by atoms with E-state index in [4.69, 9.17) is 16.1 Å². The third kappa shape index (κ3) is 8.22. The third-order valence-corrected chi connectivity index (χ3v) is 4.13. The molecule has 0 amide bonds. The van der Waals surface area contributed by atoms with E-state index in [0.717, 1.165) is 17.8 Å². The van der Waals surface area contributed by atoms with E-state index in [9.17, 15) is 21.6 Å². The zero-order valence-corrected chi connectivity index (χ0v) is 15.6. The lowest BCUT2D eigenvalue weighted by Gasteiger charge is -2.08. The largest absolute Gasteiger partial charge is 0.417 e. The second-order valence-electron chi connectivity index (χ2n) is 5.52. The Labute approximate surface area is 160 Å². The quantitative estimate of drug-likeness (QED) is 0.191. The Balaban J connectivity index is 0.000000307. The highest BCUT2D eigenvalue weighted by Gasteiger charge is 2.30. The van der Waals surface area contributed by atoms with Gasteiger partial charge in [-0.15, -0.1) is 0 Å². The zero-order valence-electron chi connectivity index (χ0n) is 14.8. The molecule has 0 spiro atoms. The number of aryl methyl sites for hydroxylation is 1. The molecule has 2 rings (SSSR count). The van der Waals surface area contributed by atoms with Gasteiger partial charge in [0.2, 0.25) is 0 Å². The van der Waals surface area contributed by atoms with Crippen LogP contribution in [0.3, 0.4) is 0 Å². The lowest BCUT2D eigenvalue weighted by molar-refractivity contribution is -0.137. The molecule has 0 aliphatic heterocycles. The summed E-state index contributed by atoms with van der Waals surface area (Å²) in [6.45, 7) is 2.23. The number of nitrogens with zero attached hydrogens (tertiary/aromatic N) is 2. The van der Waals surface area contributed by atoms with Crippen LogP contribution in [-0.2, 0) is 16.3 Å². The highest BCUT2D eigenvalue weighted by molar-refractivity contribution is 7.85. The first-order valence-electron chi connectivity index (χ1n) is 7.77. The summed E-state index contributed by atoms with van der Waals surface area (Å²) in [7, 11) is -4.02. The minimum Gasteiger partial charge on any atom is -0.386 e. The van der Waals surface area contributed by atoms with E-state index in [-0.39, 0.29) is 10.7 Å². The summed E-state index contributed by atoms with van der Waals surface area (Å²) < 4.78 is 66.2. The average molecular weight is 419 g/mol. The number of benzene rings is 1. The van der Waals surface area contributed by atoms with Crippen LogP contribution in [0.25, 0.3) is 0 Å². The van der Waals surface area contributed by atoms with Gasteiger partial charge in [-0.25, -0.2) is 4.98 Å². The maximum atomic E-state index is 12.2. The van der Waals surface area contributed by atoms with Crippen molar-refractivity contribution in [3.63, 3.8) is 0 Å². The molecule has 0 radical (unpaired) electrons. The molecule has 0 aliphatic carbocycles. The molecule has 2 aromatic rings. The summed E-state index contributed by atoms with van der Waals surface area (Å²) in [5, 5.41) is 6.05. The summed E-state index contributed by atoms with van der Waals surface area (Å²) in [4.78, 5) is 3.56. The number of rotatable bonds is 5. The van der Waals surface area contributed by atoms with Crippen molar-refractivity contribution >= 4 is 21.8 Å². The van der Waals surface area contributed by atoms with Crippen molar-refractivity contribution in [2.45, 2.75) is 24.4 Å². The standard InChI is InChI=1S/C9H12F3N5.C7H8O3S/c10-9(11,12)6-1-2-8(16-5-6)15-4-3-7(13)17-14;1-6-2-4-7(5-3-6)11(8,9)10/h1-2,5H,3-4,14H2,(H2,13,17)(H,15,16);2-5H,1H3,(H,8,9,10). The summed E-state index contributed by atoms with van der Waals surface area (Å²) in [6.07, 6.45) is -3.22. The highest BCUT2D eigenvalue weighted by Crippen LogP contribution is 2.28. The van der Waals surface area contributed by atoms with Crippen LogP contribution in [0.2, 0.25) is 0 Å². The minimum atomic E-state index is -4.37. The number of anilines is 1. The van der Waals surface area contributed by atoms with E-state index in [1.54, 1.807) is 12.1 Å². The number of pyridine rings is 1. The van der Waals surface area contributed by atoms with Gasteiger partial charge >= 0.3 is 6.18 Å². The predicted molar refractivity (Wildman–Crippen MR) is 99.1 cm³/mol. The zero-order chi connectivity index (χ0) is 21.4. The van der Waals surface area contributed by atoms with Gasteiger partial charge in [-0.2, -0.15) is 26.7 Å². The Morgan fingerprint density at radius 1 is 1.21 bits per heavy atom. The first-order chi connectivity index (χ1) is 12.9. The molecule has 0 fully saturated rings. The van der Waals surface area contributed by atoms with Crippen molar-refractivity contribution in [1.82, 2.24) is 4.98 Å². The highest BCUT2D eigenvalue weighted by atomic mass is 32.2. The topological polar surface area (TPSA) is 144 Å². The first-order valence-corrected chi connectivity index (χ1v) is 9.21. The minimum absolute atomic E-state index is 0.0666. The summed E-state index contributed by atoms with van der Waals surface area (Å²) >= 11 is 0. The molecular weight excluding hydrogens is 399 g/mol. The molecule has 12 heteroatoms. The number of amidine groups is 1. The van der Waals surface area contributed by atoms with E-state index in [0.29, 0.717) is 18.8 Å². The maximum absolute atomic E-state index is 12.2. The molecule has 0 saturated heterocycles. The monoisotopic (exact) mass is 419 g/mol. The number of alkyl halides is 3. The predicted octanol–water partition coefficient (Wildman–Crippen LogP) is 2.38. The van der Waals surface area contributed by atoms with Gasteiger partial charge < -0.3 is 16.9 Å². The van der Waals surface area contributed by atoms with Gasteiger partial charge in [-0.1, -0.05) is 17.7 Å². The van der Waals surface area contributed by atoms with Crippen molar-refractivity contribution in [1.29, 1.82) is 0 Å². The number of halogens is 3. The molecule has 1 aromatic carbocycles. The van der Waals surface area contributed by atoms with Gasteiger partial charge in [0.1, 0.15) is 11.7 Å². The molecule has 0 atom stereocenters. The number of hydrogen-bond donors (Lipinski definition) is 4. The van der Waals surface area contributed by atoms with Crippen LogP contribution in [0.1, 0.15) is 17.5 Å². The fraction of sp³-hybridized carbons (Fsp3) is 0.250. The Bertz CT molecular complexity index is 883. The van der Waals surface area contributed by atoms with Crippen LogP contribution < -0.4 is 16.9 Å². The lowest BCUT2D eigenvalue weighted by Crippen LogP contribution is -2.18. The van der Waals surface area contributed by atoms with Crippen LogP contribution in [0, 0.1) is 6.92 Å². The van der Waals surface area contributed by atoms with Crippen LogP contribution >= 0.6 is 0 Å². The number of nitrogens with two attached hydrogens (primary N) is 2. The van der Waals surface area contributed by atoms with E-state index >= 15 is 0 Å². The normalized spacial score (nSPS) is 12.1. The molecule has 28 heavy (non-hydrogen) atoms. The van der Waals surface area contributed by atoms with Crippen molar-refractivity contribution in [3.8, 4) is 0 Å². The fourth-order valence-electron chi connectivity index (χ4n) is 1.76. The van der Waals surface area contributed by atoms with Gasteiger partial charge in [0, 0.05) is 19.2 Å². The molecule has 1 heterocycles. The van der Waals surface area contributed by atoms with E-state index in [1.807, 2.05) is 6.92 Å². The Morgan fingerprint density at radius 2 is 1.82 bits per heavy atom. The van der Waals surface area contributed by atoms with Crippen molar-refractivity contribution in [2.24, 2.45) is 16.7 Å². The maximum Gasteiger partial charge on any atom is 0.417 e. The molecule has 0 aliphatic rings. The molecule has 1 aromatic heterocycles. The number of hydrogen-bond acceptors (Lipinski definition) is 6. The third-order valence-electron chi connectivity index (χ3n) is 3.26. The Hall–Kier alpha value is -2.86. The van der Waals surface area contributed by atoms with Gasteiger partial charge in [0.25, 0.3) is 10.1 Å². The van der Waals surface area contributed by atoms with Gasteiger partial charge in [0.15, 0.2) is 0 Å². The Kier molecular flexibility index (Phi) is 8.19. The van der Waals surface area contributed by atoms with Crippen molar-refractivity contribution in [3.05, 3.63) is 53.7 Å². The first kappa shape index (κ1) is 23.2. The van der Waals surface area contributed by atoms with Crippen LogP contribution in [0.4, 0.5) is 19.0 Å². The summed E-state index contributed by atoms with van der Waals surface area (Å²) in [6, 6.07) is 8.19. The molecular formula is C16H20F3N5O3S. The van der Waals surface area contributed by atoms with E-state index in [1.165, 1.54) is 18.2 Å². The van der Waals surface area contributed by atoms with E-state index in [2.05, 4.69) is 15.4 Å². The lowest BCUT2D eigenvalue weighted by atomic mass is 10.2. The van der Waals surface area contributed by atoms with Crippen molar-refractivity contribution < 1.29 is 26.1 Å². The van der Waals surface area contributed by atoms with Gasteiger partial charge in [0.05, 0.1) is 10.5 Å². The van der Waals surface area contributed by atoms with Crippen molar-refractivity contribution in [2.75, 3.05) is 11.9 Å². The van der Waals surface area contributed by atoms with Crippen LogP contribution in [-0.4, -0.2) is 30.3 Å². The molecule has 154 valence electrons. The number of aromatic nitrogens is 1. The smallest absolute Gasteiger partial charge is 0.386 e. The van der Waals surface area contributed by atoms with E-state index < -0.39 is 21.9 Å². The second kappa shape index (κ2) is 9.90. The Morgan fingerprint density at radius 3 is 2.25 bits per heavy atom.